The number of rotatable bonds is 2. The van der Waals surface area contributed by atoms with Crippen LogP contribution in [0.5, 0.6) is 0 Å². The highest BCUT2D eigenvalue weighted by molar-refractivity contribution is 6.02. The number of carbonyl (C=O) groups excluding carboxylic acids is 1. The van der Waals surface area contributed by atoms with Crippen molar-refractivity contribution in [2.75, 3.05) is 11.9 Å². The molecule has 0 aliphatic rings. The molecule has 0 fully saturated rings. The Labute approximate surface area is 111 Å². The van der Waals surface area contributed by atoms with E-state index in [1.807, 2.05) is 25.1 Å². The number of carbonyl (C=O) groups is 1. The average molecular weight is 254 g/mol. The lowest BCUT2D eigenvalue weighted by molar-refractivity contribution is 0.102. The number of benzene rings is 1. The van der Waals surface area contributed by atoms with E-state index in [0.717, 1.165) is 16.8 Å². The molecular formula is C14H14N4O. The normalized spacial score (nSPS) is 9.58. The molecule has 5 nitrogen and oxygen atoms in total. The van der Waals surface area contributed by atoms with E-state index >= 15 is 0 Å². The van der Waals surface area contributed by atoms with Crippen LogP contribution in [0.3, 0.4) is 0 Å². The summed E-state index contributed by atoms with van der Waals surface area (Å²) in [6.45, 7) is 2.27. The van der Waals surface area contributed by atoms with Crippen molar-refractivity contribution in [3.63, 3.8) is 0 Å². The van der Waals surface area contributed by atoms with E-state index in [1.165, 1.54) is 6.20 Å². The Kier molecular flexibility index (Phi) is 3.96. The zero-order chi connectivity index (χ0) is 13.7. The van der Waals surface area contributed by atoms with Gasteiger partial charge in [0.25, 0.3) is 5.91 Å². The molecule has 0 unspecified atom stereocenters. The molecule has 0 saturated heterocycles. The third-order valence-corrected chi connectivity index (χ3v) is 2.55. The second-order valence-electron chi connectivity index (χ2n) is 3.96. The van der Waals surface area contributed by atoms with Crippen molar-refractivity contribution in [3.8, 4) is 11.8 Å². The Morgan fingerprint density at radius 1 is 1.47 bits per heavy atom. The first kappa shape index (κ1) is 12.9. The Hall–Kier alpha value is -2.58. The molecule has 4 N–H and O–H groups in total. The van der Waals surface area contributed by atoms with Crippen LogP contribution in [0.25, 0.3) is 0 Å². The van der Waals surface area contributed by atoms with Gasteiger partial charge >= 0.3 is 0 Å². The van der Waals surface area contributed by atoms with E-state index < -0.39 is 0 Å². The highest BCUT2D eigenvalue weighted by Crippen LogP contribution is 2.15. The first-order valence-corrected chi connectivity index (χ1v) is 5.81. The summed E-state index contributed by atoms with van der Waals surface area (Å²) < 4.78 is 0. The number of hydrogen-bond donors (Lipinski definition) is 3. The number of nitrogens with one attached hydrogen (secondary N) is 2. The molecule has 2 aromatic rings. The maximum Gasteiger partial charge on any atom is 0.273 e. The predicted molar refractivity (Wildman–Crippen MR) is 73.7 cm³/mol. The van der Waals surface area contributed by atoms with Crippen molar-refractivity contribution < 1.29 is 4.79 Å². The molecule has 0 bridgehead atoms. The van der Waals surface area contributed by atoms with Crippen molar-refractivity contribution >= 4 is 11.6 Å². The van der Waals surface area contributed by atoms with Crippen LogP contribution in [-0.4, -0.2) is 22.6 Å². The molecule has 0 spiro atoms. The second kappa shape index (κ2) is 5.85. The molecule has 0 atom stereocenters. The van der Waals surface area contributed by atoms with Gasteiger partial charge in [-0.05, 0) is 36.8 Å². The molecule has 5 heteroatoms. The minimum atomic E-state index is -0.224. The van der Waals surface area contributed by atoms with Crippen LogP contribution in [0.15, 0.2) is 30.5 Å². The molecule has 96 valence electrons. The van der Waals surface area contributed by atoms with Gasteiger partial charge in [-0.2, -0.15) is 5.10 Å². The highest BCUT2D eigenvalue weighted by atomic mass is 16.1. The number of aryl methyl sites for hydroxylation is 1. The van der Waals surface area contributed by atoms with Gasteiger partial charge < -0.3 is 11.1 Å². The Balaban J connectivity index is 2.14. The summed E-state index contributed by atoms with van der Waals surface area (Å²) in [4.78, 5) is 11.8. The van der Waals surface area contributed by atoms with E-state index in [9.17, 15) is 4.79 Å². The first-order chi connectivity index (χ1) is 9.20. The lowest BCUT2D eigenvalue weighted by Gasteiger charge is -2.06. The molecule has 0 aliphatic heterocycles. The van der Waals surface area contributed by atoms with Gasteiger partial charge in [0, 0.05) is 17.4 Å². The van der Waals surface area contributed by atoms with Crippen molar-refractivity contribution in [2.24, 2.45) is 5.73 Å². The quantitative estimate of drug-likeness (QED) is 0.706. The summed E-state index contributed by atoms with van der Waals surface area (Å²) in [6, 6.07) is 7.15. The van der Waals surface area contributed by atoms with Crippen LogP contribution < -0.4 is 11.1 Å². The zero-order valence-corrected chi connectivity index (χ0v) is 10.5. The van der Waals surface area contributed by atoms with Crippen molar-refractivity contribution in [3.05, 3.63) is 47.3 Å². The number of anilines is 1. The van der Waals surface area contributed by atoms with Crippen LogP contribution in [-0.2, 0) is 0 Å². The van der Waals surface area contributed by atoms with Gasteiger partial charge in [0.15, 0.2) is 0 Å². The van der Waals surface area contributed by atoms with E-state index in [1.54, 1.807) is 6.07 Å². The summed E-state index contributed by atoms with van der Waals surface area (Å²) in [5.74, 6) is 5.56. The maximum atomic E-state index is 11.8. The molecule has 2 rings (SSSR count). The molecule has 19 heavy (non-hydrogen) atoms. The Bertz CT molecular complexity index is 635. The number of amides is 1. The topological polar surface area (TPSA) is 83.8 Å². The third-order valence-electron chi connectivity index (χ3n) is 2.55. The summed E-state index contributed by atoms with van der Waals surface area (Å²) in [5.41, 5.74) is 8.37. The predicted octanol–water partition coefficient (Wildman–Crippen LogP) is 1.28. The summed E-state index contributed by atoms with van der Waals surface area (Å²) in [5, 5.41) is 9.13. The molecule has 1 aromatic heterocycles. The fourth-order valence-corrected chi connectivity index (χ4v) is 1.61. The fourth-order valence-electron chi connectivity index (χ4n) is 1.61. The van der Waals surface area contributed by atoms with Crippen LogP contribution in [0.2, 0.25) is 0 Å². The third kappa shape index (κ3) is 3.21. The fraction of sp³-hybridized carbons (Fsp3) is 0.143. The van der Waals surface area contributed by atoms with Gasteiger partial charge in [0.1, 0.15) is 5.69 Å². The molecule has 0 radical (unpaired) electrons. The number of H-pyrrole nitrogens is 1. The van der Waals surface area contributed by atoms with Gasteiger partial charge in [-0.15, -0.1) is 0 Å². The van der Waals surface area contributed by atoms with Gasteiger partial charge in [-0.1, -0.05) is 11.8 Å². The van der Waals surface area contributed by atoms with Gasteiger partial charge in [-0.25, -0.2) is 0 Å². The SMILES string of the molecule is Cc1cc(NC(=O)c2ccn[nH]2)ccc1C#CCN. The molecule has 1 amide bonds. The first-order valence-electron chi connectivity index (χ1n) is 5.81. The molecular weight excluding hydrogens is 240 g/mol. The Morgan fingerprint density at radius 2 is 2.32 bits per heavy atom. The van der Waals surface area contributed by atoms with Crippen LogP contribution >= 0.6 is 0 Å². The van der Waals surface area contributed by atoms with Crippen molar-refractivity contribution in [2.45, 2.75) is 6.92 Å². The van der Waals surface area contributed by atoms with E-state index in [0.29, 0.717) is 12.2 Å². The smallest absolute Gasteiger partial charge is 0.273 e. The summed E-state index contributed by atoms with van der Waals surface area (Å²) in [6.07, 6.45) is 1.53. The van der Waals surface area contributed by atoms with Crippen LogP contribution in [0, 0.1) is 18.8 Å². The van der Waals surface area contributed by atoms with Crippen LogP contribution in [0.1, 0.15) is 21.6 Å². The Morgan fingerprint density at radius 3 is 2.95 bits per heavy atom. The maximum absolute atomic E-state index is 11.8. The molecule has 0 aliphatic carbocycles. The average Bonchev–Trinajstić information content (AvgIpc) is 2.92. The zero-order valence-electron chi connectivity index (χ0n) is 10.5. The number of hydrogen-bond acceptors (Lipinski definition) is 3. The van der Waals surface area contributed by atoms with Gasteiger partial charge in [0.2, 0.25) is 0 Å². The second-order valence-corrected chi connectivity index (χ2v) is 3.96. The number of aromatic amines is 1. The molecule has 1 heterocycles. The number of nitrogens with two attached hydrogens (primary N) is 1. The summed E-state index contributed by atoms with van der Waals surface area (Å²) >= 11 is 0. The minimum absolute atomic E-state index is 0.224. The number of aromatic nitrogens is 2. The largest absolute Gasteiger partial charge is 0.321 e. The minimum Gasteiger partial charge on any atom is -0.321 e. The lowest BCUT2D eigenvalue weighted by Crippen LogP contribution is -2.12. The monoisotopic (exact) mass is 254 g/mol. The van der Waals surface area contributed by atoms with Gasteiger partial charge in [-0.3, -0.25) is 9.89 Å². The molecule has 0 saturated carbocycles. The van der Waals surface area contributed by atoms with Gasteiger partial charge in [0.05, 0.1) is 6.54 Å². The van der Waals surface area contributed by atoms with Crippen molar-refractivity contribution in [1.29, 1.82) is 0 Å². The van der Waals surface area contributed by atoms with E-state index in [4.69, 9.17) is 5.73 Å². The van der Waals surface area contributed by atoms with E-state index in [-0.39, 0.29) is 5.91 Å². The van der Waals surface area contributed by atoms with E-state index in [2.05, 4.69) is 27.4 Å². The lowest BCUT2D eigenvalue weighted by atomic mass is 10.1. The van der Waals surface area contributed by atoms with Crippen LogP contribution in [0.4, 0.5) is 5.69 Å². The molecule has 1 aromatic carbocycles. The summed E-state index contributed by atoms with van der Waals surface area (Å²) in [7, 11) is 0. The highest BCUT2D eigenvalue weighted by Gasteiger charge is 2.07. The standard InChI is InChI=1S/C14H14N4O/c1-10-9-12(5-4-11(10)3-2-7-15)17-14(19)13-6-8-16-18-13/h4-6,8-9H,7,15H2,1H3,(H,16,18)(H,17,19). The number of nitrogens with zero attached hydrogens (tertiary/aromatic N) is 1. The van der Waals surface area contributed by atoms with Crippen molar-refractivity contribution in [1.82, 2.24) is 10.2 Å².